The van der Waals surface area contributed by atoms with Crippen LogP contribution in [0.2, 0.25) is 0 Å². The molecule has 2 heterocycles. The summed E-state index contributed by atoms with van der Waals surface area (Å²) in [6.07, 6.45) is 3.17. The molecule has 0 aliphatic carbocycles. The van der Waals surface area contributed by atoms with Crippen LogP contribution in [-0.2, 0) is 14.6 Å². The van der Waals surface area contributed by atoms with Crippen LogP contribution >= 0.6 is 0 Å². The normalized spacial score (nSPS) is 11.5. The molecular weight excluding hydrogens is 286 g/mol. The highest BCUT2D eigenvalue weighted by Gasteiger charge is 2.17. The Morgan fingerprint density at radius 3 is 2.75 bits per heavy atom. The second-order valence-electron chi connectivity index (χ2n) is 3.94. The van der Waals surface area contributed by atoms with Gasteiger partial charge in [0.15, 0.2) is 0 Å². The van der Waals surface area contributed by atoms with Gasteiger partial charge in [0.25, 0.3) is 0 Å². The van der Waals surface area contributed by atoms with Crippen molar-refractivity contribution in [3.05, 3.63) is 28.2 Å². The van der Waals surface area contributed by atoms with Gasteiger partial charge >= 0.3 is 5.97 Å². The van der Waals surface area contributed by atoms with E-state index in [-0.39, 0.29) is 23.2 Å². The Balaban J connectivity index is 2.65. The fourth-order valence-corrected chi connectivity index (χ4v) is 2.03. The highest BCUT2D eigenvalue weighted by atomic mass is 32.2. The van der Waals surface area contributed by atoms with Gasteiger partial charge in [-0.25, -0.2) is 23.2 Å². The molecule has 20 heavy (non-hydrogen) atoms. The molecule has 0 aromatic carbocycles. The van der Waals surface area contributed by atoms with Crippen LogP contribution in [0.5, 0.6) is 0 Å². The number of aromatic amines is 1. The van der Waals surface area contributed by atoms with Gasteiger partial charge < -0.3 is 9.72 Å². The maximum Gasteiger partial charge on any atom is 0.343 e. The van der Waals surface area contributed by atoms with Gasteiger partial charge in [0.1, 0.15) is 11.2 Å². The molecule has 0 amide bonds. The summed E-state index contributed by atoms with van der Waals surface area (Å²) in [6.45, 7) is 1.76. The van der Waals surface area contributed by atoms with Crippen molar-refractivity contribution in [2.24, 2.45) is 0 Å². The zero-order valence-corrected chi connectivity index (χ0v) is 11.5. The van der Waals surface area contributed by atoms with Crippen LogP contribution in [0.25, 0.3) is 11.0 Å². The average Bonchev–Trinajstić information content (AvgIpc) is 2.38. The first-order valence-electron chi connectivity index (χ1n) is 5.60. The van der Waals surface area contributed by atoms with E-state index < -0.39 is 26.4 Å². The number of ether oxygens (including phenoxy) is 1. The SMILES string of the molecule is CCOC(=O)c1c[nH]c2nc(S(C)(=O)=O)ncc2c1=O. The van der Waals surface area contributed by atoms with Crippen molar-refractivity contribution in [2.45, 2.75) is 12.1 Å². The standard InChI is InChI=1S/C11H11N3O5S/c1-3-19-10(16)7-5-12-9-6(8(7)15)4-13-11(14-9)20(2,17)18/h4-5H,3H2,1-2H3,(H,12,13,14,15). The molecule has 2 rings (SSSR count). The Bertz CT molecular complexity index is 841. The fourth-order valence-electron chi connectivity index (χ4n) is 1.53. The van der Waals surface area contributed by atoms with E-state index >= 15 is 0 Å². The highest BCUT2D eigenvalue weighted by molar-refractivity contribution is 7.90. The number of pyridine rings is 1. The number of H-pyrrole nitrogens is 1. The summed E-state index contributed by atoms with van der Waals surface area (Å²) in [7, 11) is -3.58. The number of hydrogen-bond donors (Lipinski definition) is 1. The number of carbonyl (C=O) groups is 1. The van der Waals surface area contributed by atoms with E-state index in [9.17, 15) is 18.0 Å². The Morgan fingerprint density at radius 1 is 1.45 bits per heavy atom. The fraction of sp³-hybridized carbons (Fsp3) is 0.273. The lowest BCUT2D eigenvalue weighted by Gasteiger charge is -2.03. The summed E-state index contributed by atoms with van der Waals surface area (Å²) in [6, 6.07) is 0. The lowest BCUT2D eigenvalue weighted by atomic mass is 10.2. The van der Waals surface area contributed by atoms with Gasteiger partial charge in [0.05, 0.1) is 12.0 Å². The van der Waals surface area contributed by atoms with Crippen molar-refractivity contribution in [1.82, 2.24) is 15.0 Å². The predicted octanol–water partition coefficient (Wildman–Crippen LogP) is -0.102. The molecule has 8 nitrogen and oxygen atoms in total. The number of fused-ring (bicyclic) bond motifs is 1. The maximum absolute atomic E-state index is 12.1. The maximum atomic E-state index is 12.1. The summed E-state index contributed by atoms with van der Waals surface area (Å²) < 4.78 is 27.4. The van der Waals surface area contributed by atoms with Crippen LogP contribution < -0.4 is 5.43 Å². The Kier molecular flexibility index (Phi) is 3.53. The molecule has 1 N–H and O–H groups in total. The zero-order valence-electron chi connectivity index (χ0n) is 10.7. The van der Waals surface area contributed by atoms with Crippen molar-refractivity contribution in [3.8, 4) is 0 Å². The molecule has 0 saturated heterocycles. The number of aromatic nitrogens is 3. The molecule has 2 aromatic rings. The van der Waals surface area contributed by atoms with Crippen molar-refractivity contribution in [2.75, 3.05) is 12.9 Å². The molecular formula is C11H11N3O5S. The molecule has 2 aromatic heterocycles. The predicted molar refractivity (Wildman–Crippen MR) is 69.2 cm³/mol. The molecule has 0 atom stereocenters. The van der Waals surface area contributed by atoms with Crippen LogP contribution in [-0.4, -0.2) is 42.2 Å². The third kappa shape index (κ3) is 2.52. The third-order valence-electron chi connectivity index (χ3n) is 2.44. The van der Waals surface area contributed by atoms with E-state index in [0.29, 0.717) is 0 Å². The minimum absolute atomic E-state index is 0.0166. The van der Waals surface area contributed by atoms with Crippen molar-refractivity contribution in [3.63, 3.8) is 0 Å². The van der Waals surface area contributed by atoms with Gasteiger partial charge in [-0.15, -0.1) is 0 Å². The van der Waals surface area contributed by atoms with Gasteiger partial charge in [0.2, 0.25) is 20.4 Å². The summed E-state index contributed by atoms with van der Waals surface area (Å²) in [5.41, 5.74) is -0.759. The monoisotopic (exact) mass is 297 g/mol. The second kappa shape index (κ2) is 5.00. The van der Waals surface area contributed by atoms with Crippen molar-refractivity contribution >= 4 is 26.8 Å². The van der Waals surface area contributed by atoms with E-state index in [2.05, 4.69) is 15.0 Å². The Hall–Kier alpha value is -2.29. The molecule has 0 radical (unpaired) electrons. The summed E-state index contributed by atoms with van der Waals surface area (Å²) >= 11 is 0. The van der Waals surface area contributed by atoms with Crippen LogP contribution in [0.1, 0.15) is 17.3 Å². The first kappa shape index (κ1) is 14.1. The smallest absolute Gasteiger partial charge is 0.343 e. The molecule has 0 aliphatic heterocycles. The van der Waals surface area contributed by atoms with Crippen LogP contribution in [0.15, 0.2) is 22.3 Å². The molecule has 9 heteroatoms. The minimum Gasteiger partial charge on any atom is -0.462 e. The van der Waals surface area contributed by atoms with Crippen molar-refractivity contribution in [1.29, 1.82) is 0 Å². The molecule has 0 saturated carbocycles. The zero-order chi connectivity index (χ0) is 14.9. The summed E-state index contributed by atoms with van der Waals surface area (Å²) in [4.78, 5) is 33.6. The minimum atomic E-state index is -3.58. The third-order valence-corrected chi connectivity index (χ3v) is 3.30. The Morgan fingerprint density at radius 2 is 2.15 bits per heavy atom. The molecule has 0 unspecified atom stereocenters. The first-order chi connectivity index (χ1) is 9.34. The molecule has 0 bridgehead atoms. The quantitative estimate of drug-likeness (QED) is 0.620. The summed E-state index contributed by atoms with van der Waals surface area (Å²) in [5.74, 6) is -0.761. The van der Waals surface area contributed by atoms with E-state index in [1.807, 2.05) is 0 Å². The van der Waals surface area contributed by atoms with E-state index in [1.54, 1.807) is 6.92 Å². The number of rotatable bonds is 3. The van der Waals surface area contributed by atoms with Crippen LogP contribution in [0.4, 0.5) is 0 Å². The van der Waals surface area contributed by atoms with Gasteiger partial charge in [0, 0.05) is 18.6 Å². The molecule has 0 fully saturated rings. The topological polar surface area (TPSA) is 119 Å². The number of nitrogens with one attached hydrogen (secondary N) is 1. The lowest BCUT2D eigenvalue weighted by molar-refractivity contribution is 0.0524. The number of sulfone groups is 1. The van der Waals surface area contributed by atoms with Crippen molar-refractivity contribution < 1.29 is 17.9 Å². The van der Waals surface area contributed by atoms with Gasteiger partial charge in [-0.05, 0) is 6.92 Å². The van der Waals surface area contributed by atoms with Gasteiger partial charge in [-0.2, -0.15) is 0 Å². The summed E-state index contributed by atoms with van der Waals surface area (Å²) in [5, 5.41) is -0.382. The largest absolute Gasteiger partial charge is 0.462 e. The highest BCUT2D eigenvalue weighted by Crippen LogP contribution is 2.08. The number of esters is 1. The molecule has 0 aliphatic rings. The molecule has 0 spiro atoms. The van der Waals surface area contributed by atoms with E-state index in [1.165, 1.54) is 0 Å². The van der Waals surface area contributed by atoms with Crippen LogP contribution in [0, 0.1) is 0 Å². The average molecular weight is 297 g/mol. The molecule has 106 valence electrons. The Labute approximate surface area is 113 Å². The van der Waals surface area contributed by atoms with E-state index in [0.717, 1.165) is 18.6 Å². The van der Waals surface area contributed by atoms with Gasteiger partial charge in [-0.3, -0.25) is 4.79 Å². The van der Waals surface area contributed by atoms with Gasteiger partial charge in [-0.1, -0.05) is 0 Å². The number of nitrogens with zero attached hydrogens (tertiary/aromatic N) is 2. The first-order valence-corrected chi connectivity index (χ1v) is 7.49. The number of carbonyl (C=O) groups excluding carboxylic acids is 1. The van der Waals surface area contributed by atoms with E-state index in [4.69, 9.17) is 4.74 Å². The number of hydrogen-bond acceptors (Lipinski definition) is 7. The van der Waals surface area contributed by atoms with Crippen LogP contribution in [0.3, 0.4) is 0 Å². The second-order valence-corrected chi connectivity index (χ2v) is 5.85. The lowest BCUT2D eigenvalue weighted by Crippen LogP contribution is -2.19.